The zero-order valence-electron chi connectivity index (χ0n) is 8.51. The molecule has 1 aromatic rings. The van der Waals surface area contributed by atoms with E-state index in [2.05, 4.69) is 10.2 Å². The summed E-state index contributed by atoms with van der Waals surface area (Å²) in [5, 5.41) is 16.8. The molecule has 7 heteroatoms. The summed E-state index contributed by atoms with van der Waals surface area (Å²) >= 11 is 1.98. The maximum atomic E-state index is 9.71. The van der Waals surface area contributed by atoms with E-state index in [0.29, 0.717) is 14.9 Å². The number of hydrogen-bond acceptors (Lipinski definition) is 4. The maximum Gasteiger partial charge on any atom is 0.211 e. The minimum Gasteiger partial charge on any atom is -0.504 e. The molecule has 1 aromatic carbocycles. The Labute approximate surface area is 106 Å². The lowest BCUT2D eigenvalue weighted by Gasteiger charge is -2.06. The average Bonchev–Trinajstić information content (AvgIpc) is 2.24. The van der Waals surface area contributed by atoms with Gasteiger partial charge in [-0.05, 0) is 34.7 Å². The second-order valence-corrected chi connectivity index (χ2v) is 3.87. The number of benzene rings is 1. The molecule has 0 unspecified atom stereocenters. The van der Waals surface area contributed by atoms with Crippen LogP contribution in [0.2, 0.25) is 0 Å². The molecule has 0 saturated heterocycles. The highest BCUT2D eigenvalue weighted by molar-refractivity contribution is 14.1. The van der Waals surface area contributed by atoms with Gasteiger partial charge in [-0.25, -0.2) is 0 Å². The first-order valence-corrected chi connectivity index (χ1v) is 5.31. The average molecular weight is 334 g/mol. The fourth-order valence-corrected chi connectivity index (χ4v) is 1.57. The lowest BCUT2D eigenvalue weighted by Crippen LogP contribution is -2.21. The molecule has 1 rings (SSSR count). The molecule has 16 heavy (non-hydrogen) atoms. The number of halogens is 1. The van der Waals surface area contributed by atoms with Gasteiger partial charge in [-0.3, -0.25) is 0 Å². The SMILES string of the molecule is COc1ccc(C=NN=C(N)N)c(I)c1O. The van der Waals surface area contributed by atoms with E-state index in [4.69, 9.17) is 16.2 Å². The highest BCUT2D eigenvalue weighted by atomic mass is 127. The van der Waals surface area contributed by atoms with Gasteiger partial charge in [-0.2, -0.15) is 5.10 Å². The molecule has 0 aliphatic rings. The van der Waals surface area contributed by atoms with E-state index in [0.717, 1.165) is 0 Å². The summed E-state index contributed by atoms with van der Waals surface area (Å²) in [5.41, 5.74) is 10.9. The maximum absolute atomic E-state index is 9.71. The molecule has 5 N–H and O–H groups in total. The molecule has 0 heterocycles. The fourth-order valence-electron chi connectivity index (χ4n) is 0.985. The molecule has 0 bridgehead atoms. The van der Waals surface area contributed by atoms with Crippen molar-refractivity contribution in [2.45, 2.75) is 0 Å². The number of ether oxygens (including phenoxy) is 1. The predicted octanol–water partition coefficient (Wildman–Crippen LogP) is 0.613. The number of hydrogen-bond donors (Lipinski definition) is 3. The third-order valence-electron chi connectivity index (χ3n) is 1.70. The summed E-state index contributed by atoms with van der Waals surface area (Å²) in [6, 6.07) is 3.38. The molecule has 0 saturated carbocycles. The van der Waals surface area contributed by atoms with Gasteiger partial charge in [0.05, 0.1) is 16.9 Å². The third kappa shape index (κ3) is 2.99. The number of phenolic OH excluding ortho intramolecular Hbond substituents is 1. The Balaban J connectivity index is 3.04. The number of nitrogens with two attached hydrogens (primary N) is 2. The smallest absolute Gasteiger partial charge is 0.211 e. The number of nitrogens with zero attached hydrogens (tertiary/aromatic N) is 2. The van der Waals surface area contributed by atoms with Crippen LogP contribution in [0.5, 0.6) is 11.5 Å². The first-order valence-electron chi connectivity index (χ1n) is 4.23. The standard InChI is InChI=1S/C9H11IN4O2/c1-16-6-3-2-5(7(10)8(6)15)4-13-14-9(11)12/h2-4,15H,1H3,(H4,11,12,14). The highest BCUT2D eigenvalue weighted by Gasteiger charge is 2.08. The van der Waals surface area contributed by atoms with Gasteiger partial charge in [-0.15, -0.1) is 5.10 Å². The molecular weight excluding hydrogens is 323 g/mol. The Hall–Kier alpha value is -1.51. The van der Waals surface area contributed by atoms with E-state index in [1.165, 1.54) is 13.3 Å². The first kappa shape index (κ1) is 12.6. The quantitative estimate of drug-likeness (QED) is 0.326. The minimum absolute atomic E-state index is 0.0664. The second-order valence-electron chi connectivity index (χ2n) is 2.79. The largest absolute Gasteiger partial charge is 0.504 e. The van der Waals surface area contributed by atoms with Crippen molar-refractivity contribution in [1.29, 1.82) is 0 Å². The highest BCUT2D eigenvalue weighted by Crippen LogP contribution is 2.32. The Kier molecular flexibility index (Phi) is 4.35. The number of aromatic hydroxyl groups is 1. The number of rotatable bonds is 3. The van der Waals surface area contributed by atoms with Crippen LogP contribution < -0.4 is 16.2 Å². The number of guanidine groups is 1. The first-order chi connectivity index (χ1) is 7.56. The van der Waals surface area contributed by atoms with Crippen molar-refractivity contribution >= 4 is 34.8 Å². The third-order valence-corrected chi connectivity index (χ3v) is 2.83. The fraction of sp³-hybridized carbons (Fsp3) is 0.111. The van der Waals surface area contributed by atoms with Crippen LogP contribution in [0.1, 0.15) is 5.56 Å². The molecule has 0 spiro atoms. The van der Waals surface area contributed by atoms with Gasteiger partial charge in [-0.1, -0.05) is 0 Å². The van der Waals surface area contributed by atoms with E-state index in [-0.39, 0.29) is 11.7 Å². The van der Waals surface area contributed by atoms with Crippen molar-refractivity contribution in [3.05, 3.63) is 21.3 Å². The van der Waals surface area contributed by atoms with Gasteiger partial charge in [0.15, 0.2) is 11.5 Å². The van der Waals surface area contributed by atoms with Crippen LogP contribution in [-0.2, 0) is 0 Å². The Morgan fingerprint density at radius 2 is 2.19 bits per heavy atom. The minimum atomic E-state index is -0.121. The van der Waals surface area contributed by atoms with Crippen molar-refractivity contribution in [3.63, 3.8) is 0 Å². The van der Waals surface area contributed by atoms with Crippen LogP contribution in [0.15, 0.2) is 22.3 Å². The normalized spacial score (nSPS) is 10.4. The Morgan fingerprint density at radius 3 is 2.75 bits per heavy atom. The molecule has 0 aliphatic carbocycles. The molecule has 0 amide bonds. The van der Waals surface area contributed by atoms with E-state index in [9.17, 15) is 5.11 Å². The molecule has 86 valence electrons. The topological polar surface area (TPSA) is 106 Å². The van der Waals surface area contributed by atoms with Crippen molar-refractivity contribution in [2.75, 3.05) is 7.11 Å². The van der Waals surface area contributed by atoms with Gasteiger partial charge in [0.2, 0.25) is 5.96 Å². The summed E-state index contributed by atoms with van der Waals surface area (Å²) in [6.07, 6.45) is 1.45. The zero-order chi connectivity index (χ0) is 12.1. The van der Waals surface area contributed by atoms with Crippen LogP contribution >= 0.6 is 22.6 Å². The van der Waals surface area contributed by atoms with Crippen molar-refractivity contribution < 1.29 is 9.84 Å². The van der Waals surface area contributed by atoms with Gasteiger partial charge >= 0.3 is 0 Å². The number of methoxy groups -OCH3 is 1. The summed E-state index contributed by atoms with van der Waals surface area (Å²) < 4.78 is 5.57. The van der Waals surface area contributed by atoms with Crippen molar-refractivity contribution in [2.24, 2.45) is 21.7 Å². The van der Waals surface area contributed by atoms with E-state index >= 15 is 0 Å². The van der Waals surface area contributed by atoms with Crippen LogP contribution in [-0.4, -0.2) is 24.4 Å². The van der Waals surface area contributed by atoms with Crippen LogP contribution in [0.4, 0.5) is 0 Å². The van der Waals surface area contributed by atoms with Crippen LogP contribution in [0, 0.1) is 3.57 Å². The van der Waals surface area contributed by atoms with Crippen LogP contribution in [0.25, 0.3) is 0 Å². The summed E-state index contributed by atoms with van der Waals surface area (Å²) in [4.78, 5) is 0. The molecule has 6 nitrogen and oxygen atoms in total. The molecule has 0 aromatic heterocycles. The molecule has 0 atom stereocenters. The zero-order valence-corrected chi connectivity index (χ0v) is 10.7. The van der Waals surface area contributed by atoms with Gasteiger partial charge < -0.3 is 21.3 Å². The van der Waals surface area contributed by atoms with Crippen molar-refractivity contribution in [1.82, 2.24) is 0 Å². The van der Waals surface area contributed by atoms with Gasteiger partial charge in [0.25, 0.3) is 0 Å². The molecule has 0 fully saturated rings. The van der Waals surface area contributed by atoms with E-state index in [1.54, 1.807) is 12.1 Å². The summed E-state index contributed by atoms with van der Waals surface area (Å²) in [7, 11) is 1.48. The lowest BCUT2D eigenvalue weighted by molar-refractivity contribution is 0.371. The Bertz CT molecular complexity index is 441. The van der Waals surface area contributed by atoms with E-state index < -0.39 is 0 Å². The molecular formula is C9H11IN4O2. The van der Waals surface area contributed by atoms with Gasteiger partial charge in [0.1, 0.15) is 0 Å². The summed E-state index contributed by atoms with van der Waals surface area (Å²) in [5.74, 6) is 0.351. The number of phenols is 1. The Morgan fingerprint density at radius 1 is 1.50 bits per heavy atom. The lowest BCUT2D eigenvalue weighted by atomic mass is 10.2. The van der Waals surface area contributed by atoms with Gasteiger partial charge in [0, 0.05) is 5.56 Å². The predicted molar refractivity (Wildman–Crippen MR) is 70.8 cm³/mol. The molecule has 0 aliphatic heterocycles. The monoisotopic (exact) mass is 334 g/mol. The molecule has 0 radical (unpaired) electrons. The van der Waals surface area contributed by atoms with E-state index in [1.807, 2.05) is 22.6 Å². The van der Waals surface area contributed by atoms with Crippen LogP contribution in [0.3, 0.4) is 0 Å². The summed E-state index contributed by atoms with van der Waals surface area (Å²) in [6.45, 7) is 0. The second kappa shape index (κ2) is 5.54. The van der Waals surface area contributed by atoms with Crippen molar-refractivity contribution in [3.8, 4) is 11.5 Å².